The van der Waals surface area contributed by atoms with Crippen LogP contribution in [0.3, 0.4) is 0 Å². The Balaban J connectivity index is 1.27. The van der Waals surface area contributed by atoms with Gasteiger partial charge in [0, 0.05) is 43.3 Å². The van der Waals surface area contributed by atoms with Crippen LogP contribution < -0.4 is 10.2 Å². The first-order valence-corrected chi connectivity index (χ1v) is 13.4. The number of piperazine rings is 1. The molecule has 0 spiro atoms. The molecule has 3 aromatic carbocycles. The van der Waals surface area contributed by atoms with Gasteiger partial charge in [0.25, 0.3) is 11.6 Å². The summed E-state index contributed by atoms with van der Waals surface area (Å²) in [5, 5.41) is 14.8. The lowest BCUT2D eigenvalue weighted by Crippen LogP contribution is -2.48. The molecule has 2 amide bonds. The zero-order valence-electron chi connectivity index (χ0n) is 22.2. The normalized spacial score (nSPS) is 13.4. The van der Waals surface area contributed by atoms with Crippen molar-refractivity contribution in [2.45, 2.75) is 6.92 Å². The molecule has 1 aliphatic rings. The van der Waals surface area contributed by atoms with E-state index in [9.17, 15) is 19.7 Å². The predicted molar refractivity (Wildman–Crippen MR) is 159 cm³/mol. The number of aryl methyl sites for hydroxylation is 1. The fourth-order valence-corrected chi connectivity index (χ4v) is 4.85. The molecule has 5 rings (SSSR count). The fraction of sp³-hybridized carbons (Fsp3) is 0.161. The number of carbonyl (C=O) groups is 2. The van der Waals surface area contributed by atoms with E-state index >= 15 is 0 Å². The van der Waals surface area contributed by atoms with Crippen LogP contribution in [-0.4, -0.2) is 47.8 Å². The van der Waals surface area contributed by atoms with Gasteiger partial charge in [-0.25, -0.2) is 0 Å². The molecule has 1 N–H and O–H groups in total. The molecule has 0 saturated carbocycles. The molecule has 0 bridgehead atoms. The van der Waals surface area contributed by atoms with Gasteiger partial charge in [-0.15, -0.1) is 0 Å². The molecule has 9 nitrogen and oxygen atoms in total. The molecule has 0 aliphatic carbocycles. The smallest absolute Gasteiger partial charge is 0.291 e. The van der Waals surface area contributed by atoms with Gasteiger partial charge in [-0.05, 0) is 60.5 Å². The van der Waals surface area contributed by atoms with E-state index in [1.54, 1.807) is 48.2 Å². The lowest BCUT2D eigenvalue weighted by Gasteiger charge is -2.36. The molecule has 208 valence electrons. The number of carbonyl (C=O) groups excluding carboxylic acids is 2. The van der Waals surface area contributed by atoms with E-state index in [4.69, 9.17) is 16.0 Å². The van der Waals surface area contributed by atoms with Crippen molar-refractivity contribution in [3.63, 3.8) is 0 Å². The SMILES string of the molecule is Cc1ccc(-c2ccc(C(=O)Nc3cc(Cl)ccc3N3CCN(C(=O)/C=C/c4ccccc4)CC3)o2)c([N+](=O)[O-])c1. The molecule has 1 saturated heterocycles. The lowest BCUT2D eigenvalue weighted by molar-refractivity contribution is -0.384. The molecule has 2 heterocycles. The van der Waals surface area contributed by atoms with Gasteiger partial charge in [0.05, 0.1) is 21.9 Å². The Labute approximate surface area is 241 Å². The van der Waals surface area contributed by atoms with Crippen molar-refractivity contribution in [2.24, 2.45) is 0 Å². The topological polar surface area (TPSA) is 109 Å². The van der Waals surface area contributed by atoms with Crippen LogP contribution >= 0.6 is 11.6 Å². The molecule has 0 radical (unpaired) electrons. The van der Waals surface area contributed by atoms with Crippen molar-refractivity contribution < 1.29 is 18.9 Å². The second-order valence-electron chi connectivity index (χ2n) is 9.61. The highest BCUT2D eigenvalue weighted by Crippen LogP contribution is 2.34. The standard InChI is InChI=1S/C31H27ClN4O5/c1-21-7-10-24(27(19-21)36(39)40)28-12-13-29(41-28)31(38)33-25-20-23(32)9-11-26(25)34-15-17-35(18-16-34)30(37)14-8-22-5-3-2-4-6-22/h2-14,19-20H,15-18H2,1H3,(H,33,38)/b14-8+. The third kappa shape index (κ3) is 6.47. The minimum absolute atomic E-state index is 0.00131. The van der Waals surface area contributed by atoms with E-state index < -0.39 is 10.8 Å². The fourth-order valence-electron chi connectivity index (χ4n) is 4.68. The van der Waals surface area contributed by atoms with E-state index in [2.05, 4.69) is 10.2 Å². The Morgan fingerprint density at radius 3 is 2.46 bits per heavy atom. The lowest BCUT2D eigenvalue weighted by atomic mass is 10.1. The maximum Gasteiger partial charge on any atom is 0.291 e. The van der Waals surface area contributed by atoms with Crippen molar-refractivity contribution in [1.29, 1.82) is 0 Å². The van der Waals surface area contributed by atoms with E-state index in [0.717, 1.165) is 16.8 Å². The van der Waals surface area contributed by atoms with Crippen LogP contribution in [0, 0.1) is 17.0 Å². The van der Waals surface area contributed by atoms with Crippen molar-refractivity contribution in [3.05, 3.63) is 117 Å². The van der Waals surface area contributed by atoms with Gasteiger partial charge in [0.2, 0.25) is 5.91 Å². The number of amides is 2. The maximum absolute atomic E-state index is 13.1. The van der Waals surface area contributed by atoms with Gasteiger partial charge in [-0.3, -0.25) is 19.7 Å². The number of anilines is 2. The number of nitrogens with zero attached hydrogens (tertiary/aromatic N) is 3. The van der Waals surface area contributed by atoms with Gasteiger partial charge in [0.1, 0.15) is 5.76 Å². The summed E-state index contributed by atoms with van der Waals surface area (Å²) in [6.07, 6.45) is 3.39. The minimum atomic E-state index is -0.519. The third-order valence-electron chi connectivity index (χ3n) is 6.80. The Kier molecular flexibility index (Phi) is 8.16. The zero-order chi connectivity index (χ0) is 28.9. The van der Waals surface area contributed by atoms with Crippen molar-refractivity contribution in [1.82, 2.24) is 4.90 Å². The van der Waals surface area contributed by atoms with Gasteiger partial charge in [0.15, 0.2) is 5.76 Å². The Morgan fingerprint density at radius 1 is 0.976 bits per heavy atom. The van der Waals surface area contributed by atoms with Crippen LogP contribution in [0.25, 0.3) is 17.4 Å². The maximum atomic E-state index is 13.1. The highest BCUT2D eigenvalue weighted by atomic mass is 35.5. The highest BCUT2D eigenvalue weighted by molar-refractivity contribution is 6.31. The van der Waals surface area contributed by atoms with Gasteiger partial charge in [-0.1, -0.05) is 48.0 Å². The van der Waals surface area contributed by atoms with Crippen molar-refractivity contribution in [3.8, 4) is 11.3 Å². The summed E-state index contributed by atoms with van der Waals surface area (Å²) in [5.41, 5.74) is 3.14. The molecule has 1 aliphatic heterocycles. The van der Waals surface area contributed by atoms with Gasteiger partial charge < -0.3 is 19.5 Å². The molecule has 1 fully saturated rings. The van der Waals surface area contributed by atoms with E-state index in [0.29, 0.717) is 36.9 Å². The first-order chi connectivity index (χ1) is 19.8. The quantitative estimate of drug-likeness (QED) is 0.156. The molecule has 1 aromatic heterocycles. The van der Waals surface area contributed by atoms with Crippen molar-refractivity contribution in [2.75, 3.05) is 36.4 Å². The summed E-state index contributed by atoms with van der Waals surface area (Å²) in [7, 11) is 0. The summed E-state index contributed by atoms with van der Waals surface area (Å²) < 4.78 is 5.73. The molecular formula is C31H27ClN4O5. The summed E-state index contributed by atoms with van der Waals surface area (Å²) in [5.74, 6) is -0.355. The molecule has 0 unspecified atom stereocenters. The van der Waals surface area contributed by atoms with Crippen LogP contribution in [0.5, 0.6) is 0 Å². The van der Waals surface area contributed by atoms with Crippen LogP contribution in [0.15, 0.2) is 89.4 Å². The zero-order valence-corrected chi connectivity index (χ0v) is 23.0. The average molecular weight is 571 g/mol. The molecular weight excluding hydrogens is 544 g/mol. The first-order valence-electron chi connectivity index (χ1n) is 13.0. The second kappa shape index (κ2) is 12.1. The number of nitro benzene ring substituents is 1. The number of nitro groups is 1. The number of nitrogens with one attached hydrogen (secondary N) is 1. The van der Waals surface area contributed by atoms with Crippen LogP contribution in [-0.2, 0) is 4.79 Å². The molecule has 4 aromatic rings. The minimum Gasteiger partial charge on any atom is -0.451 e. The summed E-state index contributed by atoms with van der Waals surface area (Å²) >= 11 is 6.26. The van der Waals surface area contributed by atoms with E-state index in [1.165, 1.54) is 18.2 Å². The van der Waals surface area contributed by atoms with Crippen LogP contribution in [0.1, 0.15) is 21.7 Å². The van der Waals surface area contributed by atoms with Crippen LogP contribution in [0.2, 0.25) is 5.02 Å². The van der Waals surface area contributed by atoms with Gasteiger partial charge >= 0.3 is 0 Å². The summed E-state index contributed by atoms with van der Waals surface area (Å²) in [6, 6.07) is 22.7. The molecule has 41 heavy (non-hydrogen) atoms. The Bertz CT molecular complexity index is 1620. The average Bonchev–Trinajstić information content (AvgIpc) is 3.47. The predicted octanol–water partition coefficient (Wildman–Crippen LogP) is 6.43. The number of halogens is 1. The Hall–Kier alpha value is -4.89. The van der Waals surface area contributed by atoms with E-state index in [-0.39, 0.29) is 28.7 Å². The van der Waals surface area contributed by atoms with Gasteiger partial charge in [-0.2, -0.15) is 0 Å². The number of benzene rings is 3. The second-order valence-corrected chi connectivity index (χ2v) is 10.0. The highest BCUT2D eigenvalue weighted by Gasteiger charge is 2.24. The number of rotatable bonds is 7. The largest absolute Gasteiger partial charge is 0.451 e. The molecule has 10 heteroatoms. The monoisotopic (exact) mass is 570 g/mol. The van der Waals surface area contributed by atoms with Crippen molar-refractivity contribution >= 4 is 46.6 Å². The Morgan fingerprint density at radius 2 is 1.73 bits per heavy atom. The third-order valence-corrected chi connectivity index (χ3v) is 7.04. The number of furan rings is 1. The first kappa shape index (κ1) is 27.7. The number of hydrogen-bond donors (Lipinski definition) is 1. The van der Waals surface area contributed by atoms with E-state index in [1.807, 2.05) is 36.4 Å². The number of hydrogen-bond acceptors (Lipinski definition) is 6. The summed E-state index contributed by atoms with van der Waals surface area (Å²) in [6.45, 7) is 3.94. The van der Waals surface area contributed by atoms with Crippen LogP contribution in [0.4, 0.5) is 17.1 Å². The molecule has 0 atom stereocenters. The summed E-state index contributed by atoms with van der Waals surface area (Å²) in [4.78, 5) is 40.8.